The Balaban J connectivity index is 2.69. The van der Waals surface area contributed by atoms with Crippen molar-refractivity contribution in [2.45, 2.75) is 0 Å². The lowest BCUT2D eigenvalue weighted by molar-refractivity contribution is 0.292. The van der Waals surface area contributed by atoms with Crippen molar-refractivity contribution in [3.8, 4) is 0 Å². The first kappa shape index (κ1) is 10.8. The van der Waals surface area contributed by atoms with E-state index in [1.54, 1.807) is 0 Å². The third-order valence-corrected chi connectivity index (χ3v) is 1.11. The molecule has 0 aliphatic heterocycles. The minimum atomic E-state index is 0.191. The number of nitrogens with one attached hydrogen (secondary N) is 3. The van der Waals surface area contributed by atoms with Crippen LogP contribution in [0.5, 0.6) is 0 Å². The number of rotatable bonds is 8. The fraction of sp³-hybridized carbons (Fsp3) is 1.00. The topological polar surface area (TPSA) is 82.3 Å². The smallest absolute Gasteiger partial charge is 0.0555 e. The lowest BCUT2D eigenvalue weighted by Gasteiger charge is -2.05. The van der Waals surface area contributed by atoms with E-state index >= 15 is 0 Å². The van der Waals surface area contributed by atoms with E-state index in [1.807, 2.05) is 0 Å². The fourth-order valence-electron chi connectivity index (χ4n) is 0.604. The van der Waals surface area contributed by atoms with E-state index in [-0.39, 0.29) is 6.61 Å². The van der Waals surface area contributed by atoms with Gasteiger partial charge in [0.2, 0.25) is 0 Å². The molecule has 0 spiro atoms. The van der Waals surface area contributed by atoms with Crippen LogP contribution in [0.3, 0.4) is 0 Å². The number of aliphatic hydroxyl groups excluding tert-OH is 1. The predicted molar refractivity (Wildman–Crippen MR) is 45.0 cm³/mol. The average Bonchev–Trinajstić information content (AvgIpc) is 2.03. The molecule has 0 fully saturated rings. The van der Waals surface area contributed by atoms with Gasteiger partial charge < -0.3 is 16.2 Å². The summed E-state index contributed by atoms with van der Waals surface area (Å²) in [6.07, 6.45) is 0. The van der Waals surface area contributed by atoms with E-state index in [9.17, 15) is 0 Å². The summed E-state index contributed by atoms with van der Waals surface area (Å²) >= 11 is 0. The Morgan fingerprint density at radius 2 is 1.73 bits per heavy atom. The number of aliphatic hydroxyl groups is 1. The maximum atomic E-state index is 8.39. The van der Waals surface area contributed by atoms with Crippen molar-refractivity contribution in [1.82, 2.24) is 16.2 Å². The van der Waals surface area contributed by atoms with Gasteiger partial charge in [0.25, 0.3) is 0 Å². The average molecular weight is 162 g/mol. The van der Waals surface area contributed by atoms with Crippen molar-refractivity contribution in [2.24, 2.45) is 5.73 Å². The molecule has 0 saturated heterocycles. The van der Waals surface area contributed by atoms with Gasteiger partial charge >= 0.3 is 0 Å². The molecular formula is C6H18N4O. The highest BCUT2D eigenvalue weighted by atomic mass is 16.3. The molecule has 68 valence electrons. The highest BCUT2D eigenvalue weighted by Gasteiger charge is 1.84. The van der Waals surface area contributed by atoms with Crippen molar-refractivity contribution in [2.75, 3.05) is 39.3 Å². The van der Waals surface area contributed by atoms with E-state index in [4.69, 9.17) is 10.8 Å². The summed E-state index contributed by atoms with van der Waals surface area (Å²) in [5, 5.41) is 11.4. The normalized spacial score (nSPS) is 10.4. The summed E-state index contributed by atoms with van der Waals surface area (Å²) in [4.78, 5) is 0. The monoisotopic (exact) mass is 162 g/mol. The molecule has 5 nitrogen and oxygen atoms in total. The number of hydrogen-bond donors (Lipinski definition) is 5. The molecule has 0 amide bonds. The summed E-state index contributed by atoms with van der Waals surface area (Å²) < 4.78 is 0. The molecule has 0 atom stereocenters. The number of hydrogen-bond acceptors (Lipinski definition) is 5. The van der Waals surface area contributed by atoms with E-state index in [2.05, 4.69) is 16.2 Å². The van der Waals surface area contributed by atoms with Crippen molar-refractivity contribution in [3.63, 3.8) is 0 Å². The predicted octanol–water partition coefficient (Wildman–Crippen LogP) is -2.38. The van der Waals surface area contributed by atoms with Crippen molar-refractivity contribution >= 4 is 0 Å². The largest absolute Gasteiger partial charge is 0.395 e. The van der Waals surface area contributed by atoms with Crippen LogP contribution in [-0.4, -0.2) is 44.4 Å². The van der Waals surface area contributed by atoms with E-state index in [1.165, 1.54) is 0 Å². The minimum Gasteiger partial charge on any atom is -0.395 e. The molecular weight excluding hydrogens is 144 g/mol. The second kappa shape index (κ2) is 9.80. The Morgan fingerprint density at radius 1 is 1.00 bits per heavy atom. The molecule has 0 aromatic carbocycles. The summed E-state index contributed by atoms with van der Waals surface area (Å²) in [6.45, 7) is 3.93. The molecule has 0 aromatic heterocycles. The zero-order valence-electron chi connectivity index (χ0n) is 6.77. The SMILES string of the molecule is NCCNNCCNCCO. The molecule has 0 bridgehead atoms. The van der Waals surface area contributed by atoms with Crippen molar-refractivity contribution in [1.29, 1.82) is 0 Å². The fourth-order valence-corrected chi connectivity index (χ4v) is 0.604. The zero-order valence-corrected chi connectivity index (χ0v) is 6.77. The summed E-state index contributed by atoms with van der Waals surface area (Å²) in [5.41, 5.74) is 11.1. The molecule has 0 saturated carbocycles. The van der Waals surface area contributed by atoms with E-state index < -0.39 is 0 Å². The minimum absolute atomic E-state index is 0.191. The number of hydrazine groups is 1. The van der Waals surface area contributed by atoms with Crippen LogP contribution in [0.15, 0.2) is 0 Å². The van der Waals surface area contributed by atoms with Gasteiger partial charge in [-0.3, -0.25) is 10.9 Å². The van der Waals surface area contributed by atoms with E-state index in [0.29, 0.717) is 13.1 Å². The Morgan fingerprint density at radius 3 is 2.36 bits per heavy atom. The van der Waals surface area contributed by atoms with Gasteiger partial charge in [-0.05, 0) is 0 Å². The van der Waals surface area contributed by atoms with Gasteiger partial charge in [-0.1, -0.05) is 0 Å². The zero-order chi connectivity index (χ0) is 8.36. The van der Waals surface area contributed by atoms with E-state index in [0.717, 1.165) is 19.6 Å². The maximum absolute atomic E-state index is 8.39. The van der Waals surface area contributed by atoms with Crippen LogP contribution in [-0.2, 0) is 0 Å². The van der Waals surface area contributed by atoms with Gasteiger partial charge in [0.15, 0.2) is 0 Å². The quantitative estimate of drug-likeness (QED) is 0.203. The van der Waals surface area contributed by atoms with Gasteiger partial charge in [-0.2, -0.15) is 0 Å². The Bertz CT molecular complexity index is 63.6. The van der Waals surface area contributed by atoms with Crippen molar-refractivity contribution in [3.05, 3.63) is 0 Å². The van der Waals surface area contributed by atoms with Gasteiger partial charge in [-0.15, -0.1) is 0 Å². The maximum Gasteiger partial charge on any atom is 0.0555 e. The summed E-state index contributed by atoms with van der Waals surface area (Å²) in [7, 11) is 0. The highest BCUT2D eigenvalue weighted by Crippen LogP contribution is 1.56. The Kier molecular flexibility index (Phi) is 9.62. The third-order valence-electron chi connectivity index (χ3n) is 1.11. The first-order valence-corrected chi connectivity index (χ1v) is 3.89. The third kappa shape index (κ3) is 9.80. The Hall–Kier alpha value is -0.200. The second-order valence-electron chi connectivity index (χ2n) is 2.12. The van der Waals surface area contributed by atoms with Crippen LogP contribution in [0.25, 0.3) is 0 Å². The van der Waals surface area contributed by atoms with Crippen LogP contribution < -0.4 is 21.9 Å². The van der Waals surface area contributed by atoms with Crippen molar-refractivity contribution < 1.29 is 5.11 Å². The van der Waals surface area contributed by atoms with Gasteiger partial charge in [-0.25, -0.2) is 0 Å². The second-order valence-corrected chi connectivity index (χ2v) is 2.12. The highest BCUT2D eigenvalue weighted by molar-refractivity contribution is 4.48. The van der Waals surface area contributed by atoms with Gasteiger partial charge in [0.1, 0.15) is 0 Å². The van der Waals surface area contributed by atoms with Crippen LogP contribution in [0.4, 0.5) is 0 Å². The molecule has 0 heterocycles. The summed E-state index contributed by atoms with van der Waals surface area (Å²) in [6, 6.07) is 0. The lowest BCUT2D eigenvalue weighted by atomic mass is 10.6. The first-order valence-electron chi connectivity index (χ1n) is 3.89. The molecule has 0 rings (SSSR count). The standard InChI is InChI=1S/C6H18N4O/c7-1-2-9-10-4-3-8-5-6-11/h8-11H,1-7H2. The van der Waals surface area contributed by atoms with Crippen LogP contribution >= 0.6 is 0 Å². The lowest BCUT2D eigenvalue weighted by Crippen LogP contribution is -2.40. The van der Waals surface area contributed by atoms with Crippen LogP contribution in [0.2, 0.25) is 0 Å². The molecule has 0 aliphatic rings. The van der Waals surface area contributed by atoms with Gasteiger partial charge in [0, 0.05) is 32.7 Å². The summed E-state index contributed by atoms with van der Waals surface area (Å²) in [5.74, 6) is 0. The molecule has 0 aliphatic carbocycles. The molecule has 11 heavy (non-hydrogen) atoms. The molecule has 0 radical (unpaired) electrons. The van der Waals surface area contributed by atoms with Gasteiger partial charge in [0.05, 0.1) is 6.61 Å². The Labute approximate surface area is 67.3 Å². The van der Waals surface area contributed by atoms with Crippen LogP contribution in [0, 0.1) is 0 Å². The number of nitrogens with two attached hydrogens (primary N) is 1. The molecule has 6 N–H and O–H groups in total. The molecule has 0 aromatic rings. The molecule has 5 heteroatoms. The first-order chi connectivity index (χ1) is 5.41. The molecule has 0 unspecified atom stereocenters. The van der Waals surface area contributed by atoms with Crippen LogP contribution in [0.1, 0.15) is 0 Å².